The van der Waals surface area contributed by atoms with Crippen LogP contribution in [0.3, 0.4) is 0 Å². The highest BCUT2D eigenvalue weighted by atomic mass is 28.4. The van der Waals surface area contributed by atoms with Gasteiger partial charge in [-0.05, 0) is 42.8 Å². The minimum Gasteiger partial charge on any atom is -0.496 e. The third kappa shape index (κ3) is 4.15. The van der Waals surface area contributed by atoms with Gasteiger partial charge in [0.1, 0.15) is 11.6 Å². The number of benzene rings is 1. The lowest BCUT2D eigenvalue weighted by atomic mass is 10.0. The highest BCUT2D eigenvalue weighted by molar-refractivity contribution is 6.74. The molecule has 1 heterocycles. The second kappa shape index (κ2) is 6.95. The molecule has 5 nitrogen and oxygen atoms in total. The van der Waals surface area contributed by atoms with E-state index in [1.165, 1.54) is 30.2 Å². The van der Waals surface area contributed by atoms with E-state index < -0.39 is 26.3 Å². The SMILES string of the molecule is COc1ccc(F)cc1C1C[C@@H](O[Si](C)(C)C(C)(C)C)CN1C(=O)O. The van der Waals surface area contributed by atoms with Gasteiger partial charge in [-0.1, -0.05) is 20.8 Å². The van der Waals surface area contributed by atoms with Gasteiger partial charge >= 0.3 is 6.09 Å². The predicted molar refractivity (Wildman–Crippen MR) is 97.1 cm³/mol. The molecule has 1 saturated heterocycles. The lowest BCUT2D eigenvalue weighted by Gasteiger charge is -2.38. The van der Waals surface area contributed by atoms with Gasteiger partial charge in [-0.2, -0.15) is 0 Å². The van der Waals surface area contributed by atoms with Gasteiger partial charge in [0.15, 0.2) is 8.32 Å². The summed E-state index contributed by atoms with van der Waals surface area (Å²) in [4.78, 5) is 13.1. The first-order chi connectivity index (χ1) is 11.5. The molecule has 0 bridgehead atoms. The lowest BCUT2D eigenvalue weighted by molar-refractivity contribution is 0.132. The summed E-state index contributed by atoms with van der Waals surface area (Å²) in [7, 11) is -0.522. The van der Waals surface area contributed by atoms with Crippen molar-refractivity contribution in [1.82, 2.24) is 4.90 Å². The van der Waals surface area contributed by atoms with Crippen molar-refractivity contribution in [2.45, 2.75) is 57.5 Å². The summed E-state index contributed by atoms with van der Waals surface area (Å²) in [6.07, 6.45) is -0.730. The van der Waals surface area contributed by atoms with E-state index in [9.17, 15) is 14.3 Å². The van der Waals surface area contributed by atoms with Crippen molar-refractivity contribution in [2.24, 2.45) is 0 Å². The standard InChI is InChI=1S/C18H28FNO4Si/c1-18(2,3)25(5,6)24-13-10-15(20(11-13)17(21)22)14-9-12(19)7-8-16(14)23-4/h7-9,13,15H,10-11H2,1-6H3,(H,21,22)/t13-,15?/m1/s1. The van der Waals surface area contributed by atoms with Crippen molar-refractivity contribution in [2.75, 3.05) is 13.7 Å². The maximum Gasteiger partial charge on any atom is 0.407 e. The highest BCUT2D eigenvalue weighted by Crippen LogP contribution is 2.42. The maximum atomic E-state index is 13.7. The quantitative estimate of drug-likeness (QED) is 0.785. The van der Waals surface area contributed by atoms with Gasteiger partial charge in [-0.15, -0.1) is 0 Å². The normalized spacial score (nSPS) is 21.5. The predicted octanol–water partition coefficient (Wildman–Crippen LogP) is 4.65. The third-order valence-corrected chi connectivity index (χ3v) is 9.86. The van der Waals surface area contributed by atoms with Gasteiger partial charge in [0.2, 0.25) is 0 Å². The molecule has 140 valence electrons. The van der Waals surface area contributed by atoms with Crippen molar-refractivity contribution < 1.29 is 23.5 Å². The van der Waals surface area contributed by atoms with Crippen LogP contribution in [0.5, 0.6) is 5.75 Å². The number of likely N-dealkylation sites (tertiary alicyclic amines) is 1. The smallest absolute Gasteiger partial charge is 0.407 e. The highest BCUT2D eigenvalue weighted by Gasteiger charge is 2.44. The van der Waals surface area contributed by atoms with Gasteiger partial charge in [0.25, 0.3) is 0 Å². The number of hydrogen-bond acceptors (Lipinski definition) is 3. The summed E-state index contributed by atoms with van der Waals surface area (Å²) in [6.45, 7) is 11.0. The monoisotopic (exact) mass is 369 g/mol. The lowest BCUT2D eigenvalue weighted by Crippen LogP contribution is -2.44. The van der Waals surface area contributed by atoms with Gasteiger partial charge in [-0.3, -0.25) is 4.90 Å². The van der Waals surface area contributed by atoms with Crippen molar-refractivity contribution in [1.29, 1.82) is 0 Å². The number of ether oxygens (including phenoxy) is 1. The number of nitrogens with zero attached hydrogens (tertiary/aromatic N) is 1. The first-order valence-corrected chi connectivity index (χ1v) is 11.4. The molecule has 1 N–H and O–H groups in total. The Balaban J connectivity index is 2.30. The Hall–Kier alpha value is -1.60. The summed E-state index contributed by atoms with van der Waals surface area (Å²) in [5, 5.41) is 9.64. The van der Waals surface area contributed by atoms with Crippen molar-refractivity contribution in [3.05, 3.63) is 29.6 Å². The molecule has 25 heavy (non-hydrogen) atoms. The molecule has 1 aliphatic heterocycles. The van der Waals surface area contributed by atoms with Crippen molar-refractivity contribution in [3.63, 3.8) is 0 Å². The molecule has 1 aromatic carbocycles. The van der Waals surface area contributed by atoms with Crippen LogP contribution < -0.4 is 4.74 Å². The Labute approximate surface area is 149 Å². The van der Waals surface area contributed by atoms with Gasteiger partial charge in [-0.25, -0.2) is 9.18 Å². The molecule has 0 aliphatic carbocycles. The van der Waals surface area contributed by atoms with Crippen molar-refractivity contribution >= 4 is 14.4 Å². The van der Waals surface area contributed by atoms with Crippen LogP contribution >= 0.6 is 0 Å². The topological polar surface area (TPSA) is 59.0 Å². The fourth-order valence-corrected chi connectivity index (χ4v) is 4.31. The van der Waals surface area contributed by atoms with E-state index in [1.807, 2.05) is 0 Å². The molecule has 0 saturated carbocycles. The average Bonchev–Trinajstić information content (AvgIpc) is 2.89. The second-order valence-electron chi connectivity index (χ2n) is 8.07. The van der Waals surface area contributed by atoms with Crippen LogP contribution in [0.1, 0.15) is 38.8 Å². The maximum absolute atomic E-state index is 13.7. The van der Waals surface area contributed by atoms with Crippen molar-refractivity contribution in [3.8, 4) is 5.75 Å². The van der Waals surface area contributed by atoms with Crippen LogP contribution in [0.2, 0.25) is 18.1 Å². The van der Waals surface area contributed by atoms with Gasteiger partial charge in [0, 0.05) is 12.1 Å². The molecule has 2 rings (SSSR count). The summed E-state index contributed by atoms with van der Waals surface area (Å²) in [5.41, 5.74) is 0.547. The van der Waals surface area contributed by atoms with Crippen LogP contribution in [-0.4, -0.2) is 44.2 Å². The first-order valence-electron chi connectivity index (χ1n) is 8.47. The number of amides is 1. The van der Waals surface area contributed by atoms with E-state index in [2.05, 4.69) is 33.9 Å². The van der Waals surface area contributed by atoms with E-state index in [1.54, 1.807) is 0 Å². The van der Waals surface area contributed by atoms with E-state index >= 15 is 0 Å². The largest absolute Gasteiger partial charge is 0.496 e. The van der Waals surface area contributed by atoms with E-state index in [0.29, 0.717) is 17.7 Å². The number of halogens is 1. The summed E-state index contributed by atoms with van der Waals surface area (Å²) < 4.78 is 25.5. The second-order valence-corrected chi connectivity index (χ2v) is 12.8. The first kappa shape index (κ1) is 19.7. The van der Waals surface area contributed by atoms with E-state index in [-0.39, 0.29) is 17.7 Å². The Kier molecular flexibility index (Phi) is 5.49. The van der Waals surface area contributed by atoms with E-state index in [0.717, 1.165) is 0 Å². The zero-order valence-electron chi connectivity index (χ0n) is 15.8. The number of hydrogen-bond donors (Lipinski definition) is 1. The molecule has 2 atom stereocenters. The number of rotatable bonds is 4. The minimum atomic E-state index is -2.02. The number of carboxylic acid groups (broad SMARTS) is 1. The van der Waals surface area contributed by atoms with Crippen LogP contribution in [0.4, 0.5) is 9.18 Å². The molecule has 0 aromatic heterocycles. The molecule has 7 heteroatoms. The fraction of sp³-hybridized carbons (Fsp3) is 0.611. The zero-order valence-corrected chi connectivity index (χ0v) is 16.8. The molecule has 0 radical (unpaired) electrons. The number of methoxy groups -OCH3 is 1. The Morgan fingerprint density at radius 2 is 2.00 bits per heavy atom. The van der Waals surface area contributed by atoms with Gasteiger partial charge < -0.3 is 14.3 Å². The summed E-state index contributed by atoms with van der Waals surface area (Å²) in [6, 6.07) is 3.73. The number of carbonyl (C=O) groups is 1. The summed E-state index contributed by atoms with van der Waals surface area (Å²) in [5.74, 6) is 0.0838. The zero-order chi connectivity index (χ0) is 19.0. The Morgan fingerprint density at radius 3 is 2.52 bits per heavy atom. The molecule has 1 unspecified atom stereocenters. The third-order valence-electron chi connectivity index (χ3n) is 5.33. The Bertz CT molecular complexity index is 644. The van der Waals surface area contributed by atoms with Crippen LogP contribution in [-0.2, 0) is 4.43 Å². The van der Waals surface area contributed by atoms with E-state index in [4.69, 9.17) is 9.16 Å². The van der Waals surface area contributed by atoms with Crippen LogP contribution in [0.15, 0.2) is 18.2 Å². The molecule has 1 amide bonds. The molecule has 1 aromatic rings. The molecule has 1 aliphatic rings. The minimum absolute atomic E-state index is 0.0374. The average molecular weight is 370 g/mol. The molecular formula is C18H28FNO4Si. The molecule has 1 fully saturated rings. The van der Waals surface area contributed by atoms with Gasteiger partial charge in [0.05, 0.1) is 19.3 Å². The van der Waals surface area contributed by atoms with Crippen LogP contribution in [0.25, 0.3) is 0 Å². The Morgan fingerprint density at radius 1 is 1.36 bits per heavy atom. The molecule has 0 spiro atoms. The fourth-order valence-electron chi connectivity index (χ4n) is 2.95. The van der Waals surface area contributed by atoms with Crippen LogP contribution in [0, 0.1) is 5.82 Å². The molecular weight excluding hydrogens is 341 g/mol. The summed E-state index contributed by atoms with van der Waals surface area (Å²) >= 11 is 0.